The van der Waals surface area contributed by atoms with E-state index < -0.39 is 0 Å². The second kappa shape index (κ2) is 3.68. The van der Waals surface area contributed by atoms with Gasteiger partial charge in [-0.3, -0.25) is 0 Å². The van der Waals surface area contributed by atoms with E-state index in [1.54, 1.807) is 11.5 Å². The molecule has 1 rings (SSSR count). The maximum absolute atomic E-state index is 9.39. The Morgan fingerprint density at radius 1 is 1.50 bits per heavy atom. The van der Waals surface area contributed by atoms with Gasteiger partial charge >= 0.3 is 0 Å². The van der Waals surface area contributed by atoms with E-state index in [1.165, 1.54) is 0 Å². The zero-order valence-corrected chi connectivity index (χ0v) is 8.10. The maximum atomic E-state index is 9.39. The fourth-order valence-electron chi connectivity index (χ4n) is 1.12. The molecule has 1 nitrogen and oxygen atoms in total. The number of hydrogen-bond acceptors (Lipinski definition) is 2. The van der Waals surface area contributed by atoms with Crippen molar-refractivity contribution in [1.29, 1.82) is 0 Å². The molecule has 0 saturated heterocycles. The molecule has 1 N–H and O–H groups in total. The predicted octanol–water partition coefficient (Wildman–Crippen LogP) is 2.99. The van der Waals surface area contributed by atoms with Gasteiger partial charge in [0.05, 0.1) is 0 Å². The van der Waals surface area contributed by atoms with Crippen LogP contribution in [0.2, 0.25) is 0 Å². The van der Waals surface area contributed by atoms with Crippen molar-refractivity contribution in [2.24, 2.45) is 0 Å². The Bertz CT molecular complexity index is 316. The van der Waals surface area contributed by atoms with Crippen LogP contribution in [0.25, 0.3) is 5.57 Å². The molecule has 1 aromatic carbocycles. The minimum absolute atomic E-state index is 0.335. The molecule has 0 radical (unpaired) electrons. The molecule has 2 heteroatoms. The highest BCUT2D eigenvalue weighted by Gasteiger charge is 2.02. The summed E-state index contributed by atoms with van der Waals surface area (Å²) in [6.07, 6.45) is 0. The summed E-state index contributed by atoms with van der Waals surface area (Å²) in [7, 11) is 0. The van der Waals surface area contributed by atoms with E-state index >= 15 is 0 Å². The Kier molecular flexibility index (Phi) is 2.82. The molecule has 0 aromatic heterocycles. The molecule has 0 heterocycles. The van der Waals surface area contributed by atoms with Crippen LogP contribution in [-0.4, -0.2) is 5.11 Å². The summed E-state index contributed by atoms with van der Waals surface area (Å²) in [6.45, 7) is 3.86. The van der Waals surface area contributed by atoms with E-state index in [2.05, 4.69) is 12.6 Å². The van der Waals surface area contributed by atoms with Gasteiger partial charge in [0, 0.05) is 0 Å². The van der Waals surface area contributed by atoms with Crippen LogP contribution in [0.15, 0.2) is 23.6 Å². The second-order valence-corrected chi connectivity index (χ2v) is 3.02. The van der Waals surface area contributed by atoms with Gasteiger partial charge in [0.25, 0.3) is 0 Å². The van der Waals surface area contributed by atoms with Gasteiger partial charge in [0.2, 0.25) is 0 Å². The standard InChI is InChI=1S/C10H12OS/c1-7(6-12)9-4-3-5-10(11)8(9)2/h3-6,11-12H,1-2H3/b7-6-. The van der Waals surface area contributed by atoms with Gasteiger partial charge in [0.1, 0.15) is 5.75 Å². The van der Waals surface area contributed by atoms with Crippen LogP contribution in [0.1, 0.15) is 18.1 Å². The zero-order valence-electron chi connectivity index (χ0n) is 7.20. The van der Waals surface area contributed by atoms with E-state index in [1.807, 2.05) is 26.0 Å². The van der Waals surface area contributed by atoms with Crippen LogP contribution in [0.3, 0.4) is 0 Å². The van der Waals surface area contributed by atoms with Gasteiger partial charge < -0.3 is 5.11 Å². The summed E-state index contributed by atoms with van der Waals surface area (Å²) in [5.74, 6) is 0.335. The molecule has 0 unspecified atom stereocenters. The van der Waals surface area contributed by atoms with Crippen LogP contribution >= 0.6 is 12.6 Å². The number of phenols is 1. The molecule has 0 atom stereocenters. The lowest BCUT2D eigenvalue weighted by molar-refractivity contribution is 0.471. The molecule has 0 spiro atoms. The minimum Gasteiger partial charge on any atom is -0.508 e. The van der Waals surface area contributed by atoms with Crippen LogP contribution < -0.4 is 0 Å². The molecule has 0 aliphatic rings. The highest BCUT2D eigenvalue weighted by Crippen LogP contribution is 2.25. The maximum Gasteiger partial charge on any atom is 0.119 e. The Labute approximate surface area is 78.2 Å². The first-order valence-corrected chi connectivity index (χ1v) is 4.28. The average molecular weight is 180 g/mol. The molecular formula is C10H12OS. The number of thiol groups is 1. The largest absolute Gasteiger partial charge is 0.508 e. The minimum atomic E-state index is 0.335. The summed E-state index contributed by atoms with van der Waals surface area (Å²) >= 11 is 4.06. The number of benzene rings is 1. The lowest BCUT2D eigenvalue weighted by atomic mass is 10.0. The molecule has 0 aliphatic carbocycles. The van der Waals surface area contributed by atoms with Crippen molar-refractivity contribution >= 4 is 18.2 Å². The van der Waals surface area contributed by atoms with Gasteiger partial charge in [-0.1, -0.05) is 12.1 Å². The summed E-state index contributed by atoms with van der Waals surface area (Å²) in [5.41, 5.74) is 3.01. The summed E-state index contributed by atoms with van der Waals surface area (Å²) < 4.78 is 0. The first-order valence-electron chi connectivity index (χ1n) is 3.76. The van der Waals surface area contributed by atoms with E-state index in [9.17, 15) is 5.11 Å². The Morgan fingerprint density at radius 3 is 2.75 bits per heavy atom. The number of rotatable bonds is 1. The van der Waals surface area contributed by atoms with Crippen molar-refractivity contribution in [3.63, 3.8) is 0 Å². The first kappa shape index (κ1) is 9.20. The predicted molar refractivity (Wildman–Crippen MR) is 55.5 cm³/mol. The fourth-order valence-corrected chi connectivity index (χ4v) is 1.26. The summed E-state index contributed by atoms with van der Waals surface area (Å²) in [5, 5.41) is 11.1. The Balaban J connectivity index is 3.26. The molecule has 64 valence electrons. The second-order valence-electron chi connectivity index (χ2n) is 2.76. The number of aromatic hydroxyl groups is 1. The van der Waals surface area contributed by atoms with Crippen molar-refractivity contribution in [2.75, 3.05) is 0 Å². The van der Waals surface area contributed by atoms with Crippen LogP contribution in [0.4, 0.5) is 0 Å². The van der Waals surface area contributed by atoms with E-state index in [0.717, 1.165) is 16.7 Å². The van der Waals surface area contributed by atoms with Crippen molar-refractivity contribution in [1.82, 2.24) is 0 Å². The molecule has 0 aliphatic heterocycles. The van der Waals surface area contributed by atoms with Crippen molar-refractivity contribution in [3.05, 3.63) is 34.7 Å². The fraction of sp³-hybridized carbons (Fsp3) is 0.200. The molecule has 0 bridgehead atoms. The third-order valence-electron chi connectivity index (χ3n) is 1.92. The van der Waals surface area contributed by atoms with Gasteiger partial charge in [-0.25, -0.2) is 0 Å². The lowest BCUT2D eigenvalue weighted by Gasteiger charge is -2.06. The van der Waals surface area contributed by atoms with Gasteiger partial charge in [-0.05, 0) is 42.0 Å². The highest BCUT2D eigenvalue weighted by molar-refractivity contribution is 7.83. The summed E-state index contributed by atoms with van der Waals surface area (Å²) in [6, 6.07) is 5.49. The normalized spacial score (nSPS) is 11.8. The topological polar surface area (TPSA) is 20.2 Å². The van der Waals surface area contributed by atoms with Crippen LogP contribution in [0.5, 0.6) is 5.75 Å². The van der Waals surface area contributed by atoms with E-state index in [-0.39, 0.29) is 0 Å². The third kappa shape index (κ3) is 1.64. The molecular weight excluding hydrogens is 168 g/mol. The Morgan fingerprint density at radius 2 is 2.17 bits per heavy atom. The molecule has 0 amide bonds. The number of hydrogen-bond donors (Lipinski definition) is 2. The number of allylic oxidation sites excluding steroid dienone is 1. The highest BCUT2D eigenvalue weighted by atomic mass is 32.1. The van der Waals surface area contributed by atoms with Crippen molar-refractivity contribution in [2.45, 2.75) is 13.8 Å². The van der Waals surface area contributed by atoms with E-state index in [0.29, 0.717) is 5.75 Å². The quantitative estimate of drug-likeness (QED) is 0.637. The van der Waals surface area contributed by atoms with Crippen molar-refractivity contribution in [3.8, 4) is 5.75 Å². The molecule has 0 fully saturated rings. The molecule has 12 heavy (non-hydrogen) atoms. The van der Waals surface area contributed by atoms with E-state index in [4.69, 9.17) is 0 Å². The monoisotopic (exact) mass is 180 g/mol. The third-order valence-corrected chi connectivity index (χ3v) is 2.31. The first-order chi connectivity index (χ1) is 5.66. The number of phenolic OH excluding ortho intramolecular Hbond substituents is 1. The van der Waals surface area contributed by atoms with Crippen LogP contribution in [-0.2, 0) is 0 Å². The molecule has 0 saturated carbocycles. The zero-order chi connectivity index (χ0) is 9.14. The average Bonchev–Trinajstić information content (AvgIpc) is 2.08. The van der Waals surface area contributed by atoms with Gasteiger partial charge in [-0.15, -0.1) is 0 Å². The molecule has 1 aromatic rings. The Hall–Kier alpha value is -0.890. The van der Waals surface area contributed by atoms with Gasteiger partial charge in [0.15, 0.2) is 0 Å². The SMILES string of the molecule is C/C(=C/S)c1cccc(O)c1C. The van der Waals surface area contributed by atoms with Crippen LogP contribution in [0, 0.1) is 6.92 Å². The van der Waals surface area contributed by atoms with Gasteiger partial charge in [-0.2, -0.15) is 12.6 Å². The lowest BCUT2D eigenvalue weighted by Crippen LogP contribution is -1.84. The smallest absolute Gasteiger partial charge is 0.119 e. The summed E-state index contributed by atoms with van der Waals surface area (Å²) in [4.78, 5) is 0. The van der Waals surface area contributed by atoms with Crippen molar-refractivity contribution < 1.29 is 5.11 Å².